The smallest absolute Gasteiger partial charge is 0.273 e. The van der Waals surface area contributed by atoms with E-state index >= 15 is 0 Å². The highest BCUT2D eigenvalue weighted by molar-refractivity contribution is 9.10. The van der Waals surface area contributed by atoms with Crippen molar-refractivity contribution in [1.82, 2.24) is 9.55 Å². The molecule has 0 unspecified atom stereocenters. The van der Waals surface area contributed by atoms with Gasteiger partial charge in [-0.3, -0.25) is 14.2 Å². The van der Waals surface area contributed by atoms with Crippen LogP contribution in [0.4, 0.5) is 0 Å². The molecule has 0 aliphatic rings. The van der Waals surface area contributed by atoms with Crippen LogP contribution in [0.1, 0.15) is 0 Å². The number of hydrogen-bond acceptors (Lipinski definition) is 4. The van der Waals surface area contributed by atoms with E-state index in [0.717, 1.165) is 10.0 Å². The van der Waals surface area contributed by atoms with Crippen molar-refractivity contribution in [3.8, 4) is 17.1 Å². The molecule has 0 bridgehead atoms. The zero-order valence-corrected chi connectivity index (χ0v) is 16.6. The molecule has 2 heterocycles. The highest BCUT2D eigenvalue weighted by Gasteiger charge is 2.19. The van der Waals surface area contributed by atoms with Crippen LogP contribution in [0.5, 0.6) is 0 Å². The van der Waals surface area contributed by atoms with Crippen molar-refractivity contribution in [2.75, 3.05) is 0 Å². The number of benzene rings is 3. The highest BCUT2D eigenvalue weighted by atomic mass is 79.9. The van der Waals surface area contributed by atoms with E-state index in [4.69, 9.17) is 4.42 Å². The number of aromatic nitrogens is 2. The summed E-state index contributed by atoms with van der Waals surface area (Å²) < 4.78 is 8.16. The monoisotopic (exact) mass is 444 g/mol. The van der Waals surface area contributed by atoms with Crippen LogP contribution in [0.25, 0.3) is 39.1 Å². The van der Waals surface area contributed by atoms with Crippen LogP contribution < -0.4 is 11.0 Å². The minimum Gasteiger partial charge on any atom is -0.437 e. The lowest BCUT2D eigenvalue weighted by Crippen LogP contribution is -2.26. The lowest BCUT2D eigenvalue weighted by Gasteiger charge is -2.13. The molecule has 0 aliphatic heterocycles. The van der Waals surface area contributed by atoms with E-state index in [0.29, 0.717) is 22.5 Å². The predicted octanol–water partition coefficient (Wildman–Crippen LogP) is 4.92. The molecule has 5 rings (SSSR count). The van der Waals surface area contributed by atoms with Gasteiger partial charge in [-0.05, 0) is 36.4 Å². The molecule has 2 aromatic heterocycles. The van der Waals surface area contributed by atoms with E-state index in [1.165, 1.54) is 4.57 Å². The normalized spacial score (nSPS) is 11.2. The fraction of sp³-hybridized carbons (Fsp3) is 0. The first-order chi connectivity index (χ1) is 14.1. The molecule has 0 saturated carbocycles. The summed E-state index contributed by atoms with van der Waals surface area (Å²) >= 11 is 3.46. The quantitative estimate of drug-likeness (QED) is 0.362. The van der Waals surface area contributed by atoms with Gasteiger partial charge in [-0.2, -0.15) is 4.98 Å². The highest BCUT2D eigenvalue weighted by Crippen LogP contribution is 2.25. The second-order valence-corrected chi connectivity index (χ2v) is 7.45. The number of fused-ring (bicyclic) bond motifs is 2. The molecule has 5 aromatic rings. The molecular weight excluding hydrogens is 432 g/mol. The van der Waals surface area contributed by atoms with E-state index < -0.39 is 5.56 Å². The van der Waals surface area contributed by atoms with Gasteiger partial charge in [0.2, 0.25) is 11.1 Å². The third kappa shape index (κ3) is 2.89. The first-order valence-corrected chi connectivity index (χ1v) is 9.73. The maximum absolute atomic E-state index is 13.5. The first kappa shape index (κ1) is 17.6. The van der Waals surface area contributed by atoms with Crippen molar-refractivity contribution in [3.05, 3.63) is 104 Å². The third-order valence-corrected chi connectivity index (χ3v) is 5.21. The molecule has 3 aromatic carbocycles. The molecule has 0 fully saturated rings. The summed E-state index contributed by atoms with van der Waals surface area (Å²) in [6.45, 7) is 0. The predicted molar refractivity (Wildman–Crippen MR) is 117 cm³/mol. The topological polar surface area (TPSA) is 65.1 Å². The molecule has 0 saturated heterocycles. The van der Waals surface area contributed by atoms with E-state index in [1.54, 1.807) is 36.4 Å². The Balaban J connectivity index is 1.99. The van der Waals surface area contributed by atoms with Gasteiger partial charge < -0.3 is 4.42 Å². The number of rotatable bonds is 2. The summed E-state index contributed by atoms with van der Waals surface area (Å²) in [5.41, 5.74) is 0.920. The zero-order chi connectivity index (χ0) is 20.0. The Labute approximate surface area is 173 Å². The van der Waals surface area contributed by atoms with Crippen molar-refractivity contribution in [2.45, 2.75) is 0 Å². The zero-order valence-electron chi connectivity index (χ0n) is 15.0. The van der Waals surface area contributed by atoms with Gasteiger partial charge in [-0.15, -0.1) is 0 Å². The molecule has 29 heavy (non-hydrogen) atoms. The SMILES string of the molecule is O=c1c2ccccc2oc2nc(-c3cccc(Br)c3)n(-c3ccccc3)c(=O)c12. The van der Waals surface area contributed by atoms with E-state index in [2.05, 4.69) is 20.9 Å². The third-order valence-electron chi connectivity index (χ3n) is 4.71. The van der Waals surface area contributed by atoms with Crippen LogP contribution in [-0.4, -0.2) is 9.55 Å². The van der Waals surface area contributed by atoms with E-state index in [1.807, 2.05) is 42.5 Å². The molecule has 0 radical (unpaired) electrons. The Hall–Kier alpha value is -3.51. The maximum atomic E-state index is 13.5. The number of para-hydroxylation sites is 2. The molecule has 0 N–H and O–H groups in total. The van der Waals surface area contributed by atoms with Crippen molar-refractivity contribution in [2.24, 2.45) is 0 Å². The standard InChI is InChI=1S/C23H13BrN2O3/c24-15-8-6-7-14(13-15)21-25-22-19(20(27)17-11-4-5-12-18(17)29-22)23(28)26(21)16-9-2-1-3-10-16/h1-13H. The molecule has 0 spiro atoms. The lowest BCUT2D eigenvalue weighted by molar-refractivity contribution is 0.641. The molecule has 0 amide bonds. The number of hydrogen-bond donors (Lipinski definition) is 0. The van der Waals surface area contributed by atoms with Gasteiger partial charge >= 0.3 is 0 Å². The Morgan fingerprint density at radius 3 is 2.41 bits per heavy atom. The summed E-state index contributed by atoms with van der Waals surface area (Å²) in [4.78, 5) is 31.2. The average Bonchev–Trinajstić information content (AvgIpc) is 2.74. The summed E-state index contributed by atoms with van der Waals surface area (Å²) in [6, 6.07) is 23.5. The summed E-state index contributed by atoms with van der Waals surface area (Å²) in [6.07, 6.45) is 0. The van der Waals surface area contributed by atoms with Gasteiger partial charge in [0.05, 0.1) is 11.1 Å². The van der Waals surface area contributed by atoms with E-state index in [-0.39, 0.29) is 16.5 Å². The van der Waals surface area contributed by atoms with Crippen LogP contribution in [0, 0.1) is 0 Å². The minimum atomic E-state index is -0.462. The van der Waals surface area contributed by atoms with Crippen LogP contribution in [0.3, 0.4) is 0 Å². The second kappa shape index (κ2) is 6.83. The van der Waals surface area contributed by atoms with Gasteiger partial charge in [0.15, 0.2) is 11.2 Å². The summed E-state index contributed by atoms with van der Waals surface area (Å²) in [5.74, 6) is 0.397. The Morgan fingerprint density at radius 2 is 1.62 bits per heavy atom. The van der Waals surface area contributed by atoms with Gasteiger partial charge in [0, 0.05) is 10.0 Å². The molecule has 0 aliphatic carbocycles. The summed E-state index contributed by atoms with van der Waals surface area (Å²) in [5, 5.41) is 0.292. The number of halogens is 1. The van der Waals surface area contributed by atoms with Crippen molar-refractivity contribution < 1.29 is 4.42 Å². The molecule has 5 nitrogen and oxygen atoms in total. The van der Waals surface area contributed by atoms with Gasteiger partial charge in [0.1, 0.15) is 5.58 Å². The van der Waals surface area contributed by atoms with Crippen LogP contribution in [-0.2, 0) is 0 Å². The molecule has 6 heteroatoms. The second-order valence-electron chi connectivity index (χ2n) is 6.53. The Bertz CT molecular complexity index is 1500. The van der Waals surface area contributed by atoms with E-state index in [9.17, 15) is 9.59 Å². The van der Waals surface area contributed by atoms with Crippen LogP contribution >= 0.6 is 15.9 Å². The maximum Gasteiger partial charge on any atom is 0.273 e. The van der Waals surface area contributed by atoms with Crippen LogP contribution in [0.15, 0.2) is 97.3 Å². The van der Waals surface area contributed by atoms with Crippen molar-refractivity contribution in [3.63, 3.8) is 0 Å². The Kier molecular flexibility index (Phi) is 4.14. The number of nitrogens with zero attached hydrogens (tertiary/aromatic N) is 2. The van der Waals surface area contributed by atoms with Gasteiger partial charge in [-0.25, -0.2) is 0 Å². The largest absolute Gasteiger partial charge is 0.437 e. The molecule has 0 atom stereocenters. The fourth-order valence-corrected chi connectivity index (χ4v) is 3.79. The Morgan fingerprint density at radius 1 is 0.862 bits per heavy atom. The molecular formula is C23H13BrN2O3. The van der Waals surface area contributed by atoms with Crippen molar-refractivity contribution >= 4 is 38.0 Å². The fourth-order valence-electron chi connectivity index (χ4n) is 3.39. The molecule has 140 valence electrons. The average molecular weight is 445 g/mol. The first-order valence-electron chi connectivity index (χ1n) is 8.93. The summed E-state index contributed by atoms with van der Waals surface area (Å²) in [7, 11) is 0. The minimum absolute atomic E-state index is 0.0286. The van der Waals surface area contributed by atoms with Crippen molar-refractivity contribution in [1.29, 1.82) is 0 Å². The lowest BCUT2D eigenvalue weighted by atomic mass is 10.1. The van der Waals surface area contributed by atoms with Gasteiger partial charge in [-0.1, -0.05) is 58.4 Å². The van der Waals surface area contributed by atoms with Gasteiger partial charge in [0.25, 0.3) is 5.56 Å². The van der Waals surface area contributed by atoms with Crippen LogP contribution in [0.2, 0.25) is 0 Å².